The van der Waals surface area contributed by atoms with Gasteiger partial charge in [0.1, 0.15) is 5.75 Å². The quantitative estimate of drug-likeness (QED) is 0.0848. The van der Waals surface area contributed by atoms with Crippen LogP contribution in [0.2, 0.25) is 10.0 Å². The molecule has 5 aromatic carbocycles. The number of anilines is 1. The Hall–Kier alpha value is -4.70. The summed E-state index contributed by atoms with van der Waals surface area (Å²) in [5.41, 5.74) is 3.58. The molecule has 1 amide bonds. The molecule has 5 aromatic rings. The molecule has 0 saturated heterocycles. The summed E-state index contributed by atoms with van der Waals surface area (Å²) in [6.07, 6.45) is 1.38. The highest BCUT2D eigenvalue weighted by Gasteiger charge is 2.17. The third kappa shape index (κ3) is 6.60. The van der Waals surface area contributed by atoms with Crippen LogP contribution in [0, 0.1) is 0 Å². The van der Waals surface area contributed by atoms with Crippen LogP contribution in [-0.2, 0) is 10.0 Å². The molecular weight excluding hydrogens is 597 g/mol. The van der Waals surface area contributed by atoms with E-state index >= 15 is 0 Å². The molecule has 11 heteroatoms. The summed E-state index contributed by atoms with van der Waals surface area (Å²) < 4.78 is 33.2. The van der Waals surface area contributed by atoms with Crippen LogP contribution in [0.4, 0.5) is 5.69 Å². The molecule has 0 fully saturated rings. The van der Waals surface area contributed by atoms with Crippen LogP contribution in [0.5, 0.6) is 5.75 Å². The van der Waals surface area contributed by atoms with Gasteiger partial charge in [0, 0.05) is 21.8 Å². The molecule has 2 N–H and O–H groups in total. The van der Waals surface area contributed by atoms with E-state index in [9.17, 15) is 18.0 Å². The van der Waals surface area contributed by atoms with Crippen molar-refractivity contribution in [3.05, 3.63) is 136 Å². The Bertz CT molecular complexity index is 1930. The number of nitrogens with zero attached hydrogens (tertiary/aromatic N) is 1. The van der Waals surface area contributed by atoms with Gasteiger partial charge in [0.25, 0.3) is 15.9 Å². The number of halogens is 2. The summed E-state index contributed by atoms with van der Waals surface area (Å²) in [5, 5.41) is 6.22. The Kier molecular flexibility index (Phi) is 8.53. The number of ether oxygens (including phenoxy) is 1. The second kappa shape index (κ2) is 12.4. The molecule has 5 rings (SSSR count). The fourth-order valence-electron chi connectivity index (χ4n) is 4.03. The van der Waals surface area contributed by atoms with Crippen LogP contribution in [0.25, 0.3) is 10.8 Å². The lowest BCUT2D eigenvalue weighted by Crippen LogP contribution is -2.18. The van der Waals surface area contributed by atoms with Crippen molar-refractivity contribution in [2.75, 3.05) is 4.72 Å². The zero-order valence-electron chi connectivity index (χ0n) is 21.6. The van der Waals surface area contributed by atoms with Gasteiger partial charge in [0.2, 0.25) is 0 Å². The van der Waals surface area contributed by atoms with Crippen molar-refractivity contribution in [3.63, 3.8) is 0 Å². The second-order valence-corrected chi connectivity index (χ2v) is 11.4. The van der Waals surface area contributed by atoms with Crippen molar-refractivity contribution in [3.8, 4) is 5.75 Å². The number of hydrogen-bond donors (Lipinski definition) is 2. The fourth-order valence-corrected chi connectivity index (χ4v) is 5.60. The number of esters is 1. The second-order valence-electron chi connectivity index (χ2n) is 8.91. The lowest BCUT2D eigenvalue weighted by Gasteiger charge is -2.11. The van der Waals surface area contributed by atoms with Gasteiger partial charge in [0.05, 0.1) is 21.7 Å². The van der Waals surface area contributed by atoms with Crippen molar-refractivity contribution in [2.45, 2.75) is 4.90 Å². The summed E-state index contributed by atoms with van der Waals surface area (Å²) in [6, 6.07) is 29.1. The molecule has 0 radical (unpaired) electrons. The molecule has 0 aromatic heterocycles. The average molecular weight is 618 g/mol. The van der Waals surface area contributed by atoms with Crippen molar-refractivity contribution in [2.24, 2.45) is 5.10 Å². The molecule has 0 aliphatic rings. The lowest BCUT2D eigenvalue weighted by atomic mass is 10.0. The summed E-state index contributed by atoms with van der Waals surface area (Å²) in [7, 11) is -3.77. The first kappa shape index (κ1) is 28.8. The molecular formula is C31H21Cl2N3O5S. The van der Waals surface area contributed by atoms with E-state index in [1.807, 2.05) is 24.3 Å². The van der Waals surface area contributed by atoms with Crippen molar-refractivity contribution in [1.82, 2.24) is 5.43 Å². The van der Waals surface area contributed by atoms with Gasteiger partial charge in [0.15, 0.2) is 0 Å². The minimum atomic E-state index is -3.77. The topological polar surface area (TPSA) is 114 Å². The summed E-state index contributed by atoms with van der Waals surface area (Å²) in [4.78, 5) is 25.8. The molecule has 8 nitrogen and oxygen atoms in total. The molecule has 0 aliphatic heterocycles. The highest BCUT2D eigenvalue weighted by molar-refractivity contribution is 7.92. The number of carbonyl (C=O) groups is 2. The largest absolute Gasteiger partial charge is 0.422 e. The SMILES string of the molecule is O=C(NN=Cc1c(OC(=O)c2ccc(Cl)cc2Cl)ccc2ccccc12)c1ccc(NS(=O)(=O)c2ccccc2)cc1. The highest BCUT2D eigenvalue weighted by Crippen LogP contribution is 2.29. The number of carbonyl (C=O) groups excluding carboxylic acids is 2. The molecule has 210 valence electrons. The molecule has 0 saturated carbocycles. The van der Waals surface area contributed by atoms with Gasteiger partial charge in [-0.2, -0.15) is 5.10 Å². The van der Waals surface area contributed by atoms with Crippen molar-refractivity contribution < 1.29 is 22.7 Å². The first-order valence-electron chi connectivity index (χ1n) is 12.4. The summed E-state index contributed by atoms with van der Waals surface area (Å²) in [6.45, 7) is 0. The molecule has 0 atom stereocenters. The minimum Gasteiger partial charge on any atom is -0.422 e. The highest BCUT2D eigenvalue weighted by atomic mass is 35.5. The maximum atomic E-state index is 12.9. The number of fused-ring (bicyclic) bond motifs is 1. The van der Waals surface area contributed by atoms with Crippen molar-refractivity contribution >= 4 is 67.8 Å². The first-order valence-corrected chi connectivity index (χ1v) is 14.7. The van der Waals surface area contributed by atoms with Gasteiger partial charge in [-0.1, -0.05) is 71.7 Å². The van der Waals surface area contributed by atoms with E-state index in [4.69, 9.17) is 27.9 Å². The van der Waals surface area contributed by atoms with Crippen molar-refractivity contribution in [1.29, 1.82) is 0 Å². The van der Waals surface area contributed by atoms with Gasteiger partial charge in [-0.25, -0.2) is 18.6 Å². The zero-order chi connectivity index (χ0) is 29.7. The van der Waals surface area contributed by atoms with Gasteiger partial charge in [-0.05, 0) is 71.4 Å². The van der Waals surface area contributed by atoms with E-state index in [1.54, 1.807) is 30.3 Å². The zero-order valence-corrected chi connectivity index (χ0v) is 24.0. The number of amides is 1. The van der Waals surface area contributed by atoms with Gasteiger partial charge < -0.3 is 4.74 Å². The van der Waals surface area contributed by atoms with E-state index in [0.717, 1.165) is 10.8 Å². The van der Waals surface area contributed by atoms with Crippen LogP contribution in [0.15, 0.2) is 119 Å². The standard InChI is InChI=1S/C31H21Cl2N3O5S/c32-22-13-16-26(28(33)18-22)31(38)41-29-17-12-20-6-4-5-9-25(20)27(29)19-34-35-30(37)21-10-14-23(15-11-21)36-42(39,40)24-7-2-1-3-8-24/h1-19,36H,(H,35,37). The number of nitrogens with one attached hydrogen (secondary N) is 2. The lowest BCUT2D eigenvalue weighted by molar-refractivity contribution is 0.0734. The summed E-state index contributed by atoms with van der Waals surface area (Å²) in [5.74, 6) is -1.01. The monoisotopic (exact) mass is 617 g/mol. The average Bonchev–Trinajstić information content (AvgIpc) is 2.98. The number of sulfonamides is 1. The van der Waals surface area contributed by atoms with E-state index in [0.29, 0.717) is 16.3 Å². The van der Waals surface area contributed by atoms with Crippen LogP contribution >= 0.6 is 23.2 Å². The molecule has 0 bridgehead atoms. The Morgan fingerprint density at radius 1 is 0.810 bits per heavy atom. The Labute approximate surface area is 251 Å². The number of hydrogen-bond acceptors (Lipinski definition) is 6. The van der Waals surface area contributed by atoms with Crippen LogP contribution in [0.3, 0.4) is 0 Å². The predicted octanol–water partition coefficient (Wildman–Crippen LogP) is 6.93. The smallest absolute Gasteiger partial charge is 0.345 e. The molecule has 0 unspecified atom stereocenters. The minimum absolute atomic E-state index is 0.121. The van der Waals surface area contributed by atoms with Gasteiger partial charge in [-0.15, -0.1) is 0 Å². The van der Waals surface area contributed by atoms with Crippen LogP contribution < -0.4 is 14.9 Å². The maximum Gasteiger partial charge on any atom is 0.345 e. The molecule has 0 aliphatic carbocycles. The van der Waals surface area contributed by atoms with Gasteiger partial charge in [-0.3, -0.25) is 9.52 Å². The Balaban J connectivity index is 1.33. The number of rotatable bonds is 8. The normalized spacial score (nSPS) is 11.4. The molecule has 42 heavy (non-hydrogen) atoms. The fraction of sp³-hybridized carbons (Fsp3) is 0. The number of benzene rings is 5. The summed E-state index contributed by atoms with van der Waals surface area (Å²) >= 11 is 12.1. The van der Waals surface area contributed by atoms with E-state index < -0.39 is 21.9 Å². The Morgan fingerprint density at radius 2 is 1.52 bits per heavy atom. The maximum absolute atomic E-state index is 12.9. The Morgan fingerprint density at radius 3 is 2.26 bits per heavy atom. The third-order valence-electron chi connectivity index (χ3n) is 6.10. The number of hydrazone groups is 1. The van der Waals surface area contributed by atoms with E-state index in [-0.39, 0.29) is 26.8 Å². The van der Waals surface area contributed by atoms with Crippen LogP contribution in [0.1, 0.15) is 26.3 Å². The van der Waals surface area contributed by atoms with E-state index in [1.165, 1.54) is 60.8 Å². The van der Waals surface area contributed by atoms with Gasteiger partial charge >= 0.3 is 5.97 Å². The van der Waals surface area contributed by atoms with Crippen LogP contribution in [-0.4, -0.2) is 26.5 Å². The molecule has 0 spiro atoms. The first-order chi connectivity index (χ1) is 20.2. The molecule has 0 heterocycles. The predicted molar refractivity (Wildman–Crippen MR) is 164 cm³/mol. The third-order valence-corrected chi connectivity index (χ3v) is 8.04. The van der Waals surface area contributed by atoms with E-state index in [2.05, 4.69) is 15.2 Å².